The third-order valence-corrected chi connectivity index (χ3v) is 3.97. The Hall–Kier alpha value is -1.30. The molecule has 1 aliphatic rings. The molecule has 0 amide bonds. The maximum absolute atomic E-state index is 10.0. The molecule has 1 saturated heterocycles. The largest absolute Gasteiger partial charge is 0.492 e. The number of rotatable bonds is 8. The number of anilines is 1. The molecule has 5 heteroatoms. The van der Waals surface area contributed by atoms with Crippen LogP contribution in [0.25, 0.3) is 0 Å². The summed E-state index contributed by atoms with van der Waals surface area (Å²) in [6.07, 6.45) is -0.253. The van der Waals surface area contributed by atoms with E-state index in [1.54, 1.807) is 0 Å². The average molecular weight is 322 g/mol. The lowest BCUT2D eigenvalue weighted by Crippen LogP contribution is -2.49. The summed E-state index contributed by atoms with van der Waals surface area (Å²) in [6.45, 7) is 11.5. The molecule has 0 saturated carbocycles. The molecule has 0 radical (unpaired) electrons. The molecule has 0 aromatic heterocycles. The lowest BCUT2D eigenvalue weighted by Gasteiger charge is -2.37. The first-order valence-corrected chi connectivity index (χ1v) is 8.59. The van der Waals surface area contributed by atoms with Gasteiger partial charge < -0.3 is 19.5 Å². The highest BCUT2D eigenvalue weighted by Crippen LogP contribution is 2.28. The van der Waals surface area contributed by atoms with Crippen molar-refractivity contribution in [2.24, 2.45) is 0 Å². The Balaban J connectivity index is 1.82. The Morgan fingerprint density at radius 2 is 1.83 bits per heavy atom. The number of ether oxygens (including phenoxy) is 2. The zero-order valence-electron chi connectivity index (χ0n) is 14.6. The first-order chi connectivity index (χ1) is 11.1. The molecule has 1 N–H and O–H groups in total. The standard InChI is InChI=1S/C18H30N2O3/c1-4-22-18-8-6-5-7-17(18)20-11-9-19(10-12-20)13-16(21)14-23-15(2)3/h5-8,15-16,21H,4,9-14H2,1-3H3. The minimum absolute atomic E-state index is 0.163. The van der Waals surface area contributed by atoms with Crippen molar-refractivity contribution in [1.29, 1.82) is 0 Å². The highest BCUT2D eigenvalue weighted by Gasteiger charge is 2.21. The third kappa shape index (κ3) is 5.68. The van der Waals surface area contributed by atoms with Crippen LogP contribution in [0.4, 0.5) is 5.69 Å². The Bertz CT molecular complexity index is 459. The number of hydrogen-bond acceptors (Lipinski definition) is 5. The summed E-state index contributed by atoms with van der Waals surface area (Å²) in [5, 5.41) is 10.0. The van der Waals surface area contributed by atoms with E-state index in [1.165, 1.54) is 0 Å². The monoisotopic (exact) mass is 322 g/mol. The van der Waals surface area contributed by atoms with Gasteiger partial charge in [0.25, 0.3) is 0 Å². The predicted molar refractivity (Wildman–Crippen MR) is 93.4 cm³/mol. The first kappa shape index (κ1) is 18.0. The fraction of sp³-hybridized carbons (Fsp3) is 0.667. The van der Waals surface area contributed by atoms with E-state index < -0.39 is 6.10 Å². The summed E-state index contributed by atoms with van der Waals surface area (Å²) in [4.78, 5) is 4.66. The molecular weight excluding hydrogens is 292 g/mol. The number of piperazine rings is 1. The van der Waals surface area contributed by atoms with Crippen molar-refractivity contribution in [3.05, 3.63) is 24.3 Å². The molecule has 0 spiro atoms. The molecular formula is C18H30N2O3. The average Bonchev–Trinajstić information content (AvgIpc) is 2.55. The van der Waals surface area contributed by atoms with E-state index in [4.69, 9.17) is 9.47 Å². The highest BCUT2D eigenvalue weighted by atomic mass is 16.5. The molecule has 1 aromatic rings. The number of para-hydroxylation sites is 2. The van der Waals surface area contributed by atoms with Gasteiger partial charge in [0, 0.05) is 32.7 Å². The maximum Gasteiger partial charge on any atom is 0.142 e. The molecule has 1 atom stereocenters. The Morgan fingerprint density at radius 1 is 1.13 bits per heavy atom. The Labute approximate surface area is 139 Å². The molecule has 5 nitrogen and oxygen atoms in total. The van der Waals surface area contributed by atoms with Crippen molar-refractivity contribution in [3.63, 3.8) is 0 Å². The minimum atomic E-state index is -0.417. The normalized spacial score (nSPS) is 17.5. The summed E-state index contributed by atoms with van der Waals surface area (Å²) < 4.78 is 11.2. The van der Waals surface area contributed by atoms with Gasteiger partial charge in [-0.3, -0.25) is 4.90 Å². The van der Waals surface area contributed by atoms with Crippen LogP contribution in [0, 0.1) is 0 Å². The van der Waals surface area contributed by atoms with Gasteiger partial charge in [-0.25, -0.2) is 0 Å². The number of aliphatic hydroxyl groups is 1. The van der Waals surface area contributed by atoms with Crippen molar-refractivity contribution in [1.82, 2.24) is 4.90 Å². The van der Waals surface area contributed by atoms with E-state index in [1.807, 2.05) is 32.9 Å². The lowest BCUT2D eigenvalue weighted by atomic mass is 10.2. The van der Waals surface area contributed by atoms with E-state index in [0.717, 1.165) is 37.6 Å². The van der Waals surface area contributed by atoms with Gasteiger partial charge in [0.1, 0.15) is 5.75 Å². The van der Waals surface area contributed by atoms with E-state index in [0.29, 0.717) is 19.8 Å². The van der Waals surface area contributed by atoms with E-state index in [2.05, 4.69) is 21.9 Å². The van der Waals surface area contributed by atoms with Crippen LogP contribution in [0.15, 0.2) is 24.3 Å². The zero-order valence-corrected chi connectivity index (χ0v) is 14.6. The molecule has 0 aliphatic carbocycles. The molecule has 0 bridgehead atoms. The van der Waals surface area contributed by atoms with Crippen molar-refractivity contribution in [2.75, 3.05) is 50.8 Å². The van der Waals surface area contributed by atoms with Crippen LogP contribution < -0.4 is 9.64 Å². The van der Waals surface area contributed by atoms with Crippen LogP contribution >= 0.6 is 0 Å². The van der Waals surface area contributed by atoms with Gasteiger partial charge in [-0.2, -0.15) is 0 Å². The van der Waals surface area contributed by atoms with Crippen LogP contribution in [0.3, 0.4) is 0 Å². The Kier molecular flexibility index (Phi) is 7.15. The number of hydrogen-bond donors (Lipinski definition) is 1. The van der Waals surface area contributed by atoms with Crippen LogP contribution in [0.1, 0.15) is 20.8 Å². The van der Waals surface area contributed by atoms with Crippen LogP contribution in [-0.2, 0) is 4.74 Å². The molecule has 23 heavy (non-hydrogen) atoms. The maximum atomic E-state index is 10.0. The highest BCUT2D eigenvalue weighted by molar-refractivity contribution is 5.58. The van der Waals surface area contributed by atoms with Crippen molar-refractivity contribution in [2.45, 2.75) is 33.0 Å². The summed E-state index contributed by atoms with van der Waals surface area (Å²) in [6, 6.07) is 8.21. The van der Waals surface area contributed by atoms with Gasteiger partial charge in [0.15, 0.2) is 0 Å². The fourth-order valence-electron chi connectivity index (χ4n) is 2.82. The van der Waals surface area contributed by atoms with Gasteiger partial charge in [0.05, 0.1) is 31.1 Å². The molecule has 1 unspecified atom stereocenters. The summed E-state index contributed by atoms with van der Waals surface area (Å²) in [5.41, 5.74) is 1.16. The van der Waals surface area contributed by atoms with Gasteiger partial charge in [-0.1, -0.05) is 12.1 Å². The molecule has 1 aromatic carbocycles. The van der Waals surface area contributed by atoms with Crippen LogP contribution in [0.2, 0.25) is 0 Å². The van der Waals surface area contributed by atoms with Crippen LogP contribution in [-0.4, -0.2) is 68.2 Å². The first-order valence-electron chi connectivity index (χ1n) is 8.59. The summed E-state index contributed by atoms with van der Waals surface area (Å²) in [7, 11) is 0. The van der Waals surface area contributed by atoms with Gasteiger partial charge in [-0.15, -0.1) is 0 Å². The van der Waals surface area contributed by atoms with Crippen molar-refractivity contribution in [3.8, 4) is 5.75 Å². The van der Waals surface area contributed by atoms with Crippen LogP contribution in [0.5, 0.6) is 5.75 Å². The second-order valence-electron chi connectivity index (χ2n) is 6.22. The van der Waals surface area contributed by atoms with E-state index in [-0.39, 0.29) is 6.10 Å². The second kappa shape index (κ2) is 9.11. The number of aliphatic hydroxyl groups excluding tert-OH is 1. The summed E-state index contributed by atoms with van der Waals surface area (Å²) in [5.74, 6) is 0.953. The van der Waals surface area contributed by atoms with Crippen molar-refractivity contribution >= 4 is 5.69 Å². The minimum Gasteiger partial charge on any atom is -0.492 e. The van der Waals surface area contributed by atoms with E-state index in [9.17, 15) is 5.11 Å². The van der Waals surface area contributed by atoms with E-state index >= 15 is 0 Å². The quantitative estimate of drug-likeness (QED) is 0.793. The van der Waals surface area contributed by atoms with Gasteiger partial charge in [0.2, 0.25) is 0 Å². The molecule has 1 aliphatic heterocycles. The number of β-amino-alcohol motifs (C(OH)–C–C–N with tert-alkyl or cyclic N) is 1. The van der Waals surface area contributed by atoms with Crippen molar-refractivity contribution < 1.29 is 14.6 Å². The smallest absolute Gasteiger partial charge is 0.142 e. The predicted octanol–water partition coefficient (Wildman–Crippen LogP) is 1.99. The third-order valence-electron chi connectivity index (χ3n) is 3.97. The SMILES string of the molecule is CCOc1ccccc1N1CCN(CC(O)COC(C)C)CC1. The zero-order chi connectivity index (χ0) is 16.7. The van der Waals surface area contributed by atoms with Gasteiger partial charge >= 0.3 is 0 Å². The number of benzene rings is 1. The van der Waals surface area contributed by atoms with Gasteiger partial charge in [-0.05, 0) is 32.9 Å². The fourth-order valence-corrected chi connectivity index (χ4v) is 2.82. The molecule has 1 heterocycles. The molecule has 130 valence electrons. The second-order valence-corrected chi connectivity index (χ2v) is 6.22. The Morgan fingerprint density at radius 3 is 2.48 bits per heavy atom. The lowest BCUT2D eigenvalue weighted by molar-refractivity contribution is -0.00900. The molecule has 1 fully saturated rings. The molecule has 2 rings (SSSR count). The number of nitrogens with zero attached hydrogens (tertiary/aromatic N) is 2. The summed E-state index contributed by atoms with van der Waals surface area (Å²) >= 11 is 0. The topological polar surface area (TPSA) is 45.2 Å².